The van der Waals surface area contributed by atoms with Crippen molar-refractivity contribution in [1.82, 2.24) is 0 Å². The van der Waals surface area contributed by atoms with E-state index < -0.39 is 6.29 Å². The lowest BCUT2D eigenvalue weighted by Gasteiger charge is -2.37. The maximum Gasteiger partial charge on any atom is 0.308 e. The molecule has 7 unspecified atom stereocenters. The third kappa shape index (κ3) is 5.08. The second-order valence-electron chi connectivity index (χ2n) is 14.3. The fourth-order valence-electron chi connectivity index (χ4n) is 9.03. The van der Waals surface area contributed by atoms with Crippen LogP contribution >= 0.6 is 0 Å². The second kappa shape index (κ2) is 11.0. The van der Waals surface area contributed by atoms with E-state index in [0.717, 1.165) is 19.3 Å². The van der Waals surface area contributed by atoms with E-state index in [0.29, 0.717) is 36.4 Å². The average Bonchev–Trinajstić information content (AvgIpc) is 3.67. The minimum Gasteiger partial charge on any atom is -0.435 e. The van der Waals surface area contributed by atoms with E-state index in [1.54, 1.807) is 0 Å². The molecule has 2 saturated heterocycles. The van der Waals surface area contributed by atoms with Gasteiger partial charge in [0.1, 0.15) is 5.60 Å². The van der Waals surface area contributed by atoms with Crippen LogP contribution in [-0.4, -0.2) is 30.6 Å². The lowest BCUT2D eigenvalue weighted by atomic mass is 9.64. The lowest BCUT2D eigenvalue weighted by Crippen LogP contribution is -2.46. The van der Waals surface area contributed by atoms with Crippen LogP contribution in [0.1, 0.15) is 137 Å². The number of allylic oxidation sites excluding steroid dienone is 2. The summed E-state index contributed by atoms with van der Waals surface area (Å²) in [5.41, 5.74) is 0.329. The predicted molar refractivity (Wildman–Crippen MR) is 148 cm³/mol. The van der Waals surface area contributed by atoms with Crippen molar-refractivity contribution in [2.75, 3.05) is 6.61 Å². The molecule has 3 aliphatic carbocycles. The van der Waals surface area contributed by atoms with Crippen molar-refractivity contribution in [1.29, 1.82) is 0 Å². The van der Waals surface area contributed by atoms with Gasteiger partial charge in [-0.25, -0.2) is 0 Å². The van der Waals surface area contributed by atoms with Gasteiger partial charge < -0.3 is 14.2 Å². The largest absolute Gasteiger partial charge is 0.435 e. The molecule has 0 N–H and O–H groups in total. The SMILES string of the molecule is CCCCCCCCC=CCCCCCCCC(=O)OC1OCC23OC2C2CC(C)(C)CC2C2(C)CC123. The molecule has 3 saturated carbocycles. The number of epoxide rings is 1. The predicted octanol–water partition coefficient (Wildman–Crippen LogP) is 8.52. The molecule has 37 heavy (non-hydrogen) atoms. The number of unbranched alkanes of at least 4 members (excludes halogenated alkanes) is 11. The van der Waals surface area contributed by atoms with Crippen molar-refractivity contribution < 1.29 is 19.0 Å². The lowest BCUT2D eigenvalue weighted by molar-refractivity contribution is -0.182. The highest BCUT2D eigenvalue weighted by molar-refractivity contribution is 5.69. The standard InChI is InChI=1S/C33H54O4/c1-5-6-7-8-9-10-11-12-13-14-15-16-17-18-19-20-27(34)36-29-32-23-31(32,4)26-22-30(2,3)21-25(26)28-33(32,37-28)24-35-29/h12-13,25-26,28-29H,5-11,14-24H2,1-4H3. The fourth-order valence-corrected chi connectivity index (χ4v) is 9.03. The normalized spacial score (nSPS) is 40.2. The molecule has 7 atom stereocenters. The van der Waals surface area contributed by atoms with Gasteiger partial charge in [0, 0.05) is 6.42 Å². The van der Waals surface area contributed by atoms with E-state index in [4.69, 9.17) is 14.2 Å². The van der Waals surface area contributed by atoms with Gasteiger partial charge in [0.2, 0.25) is 6.29 Å². The Labute approximate surface area is 226 Å². The summed E-state index contributed by atoms with van der Waals surface area (Å²) in [6, 6.07) is 0. The first-order chi connectivity index (χ1) is 17.8. The van der Waals surface area contributed by atoms with Crippen molar-refractivity contribution in [2.45, 2.75) is 155 Å². The molecule has 5 fully saturated rings. The zero-order chi connectivity index (χ0) is 26.2. The monoisotopic (exact) mass is 514 g/mol. The van der Waals surface area contributed by atoms with Crippen molar-refractivity contribution in [3.05, 3.63) is 12.2 Å². The van der Waals surface area contributed by atoms with Crippen molar-refractivity contribution in [2.24, 2.45) is 28.1 Å². The van der Waals surface area contributed by atoms with Crippen molar-refractivity contribution in [3.8, 4) is 0 Å². The Morgan fingerprint density at radius 3 is 2.24 bits per heavy atom. The number of hydrogen-bond acceptors (Lipinski definition) is 4. The van der Waals surface area contributed by atoms with Crippen LogP contribution < -0.4 is 0 Å². The van der Waals surface area contributed by atoms with Crippen LogP contribution in [0.5, 0.6) is 0 Å². The molecular formula is C33H54O4. The van der Waals surface area contributed by atoms with Gasteiger partial charge in [0.05, 0.1) is 18.1 Å². The smallest absolute Gasteiger partial charge is 0.308 e. The van der Waals surface area contributed by atoms with E-state index in [2.05, 4.69) is 39.8 Å². The van der Waals surface area contributed by atoms with Crippen LogP contribution in [0.2, 0.25) is 0 Å². The van der Waals surface area contributed by atoms with Crippen LogP contribution in [-0.2, 0) is 19.0 Å². The topological polar surface area (TPSA) is 48.1 Å². The number of esters is 1. The third-order valence-electron chi connectivity index (χ3n) is 11.1. The molecule has 2 aliphatic heterocycles. The number of rotatable bonds is 16. The minimum atomic E-state index is -0.400. The van der Waals surface area contributed by atoms with E-state index in [1.165, 1.54) is 83.5 Å². The summed E-state index contributed by atoms with van der Waals surface area (Å²) >= 11 is 0. The highest BCUT2D eigenvalue weighted by atomic mass is 16.7. The van der Waals surface area contributed by atoms with Gasteiger partial charge in [-0.1, -0.05) is 91.2 Å². The molecule has 0 aromatic carbocycles. The molecule has 0 bridgehead atoms. The first kappa shape index (κ1) is 27.7. The molecule has 5 aliphatic rings. The summed E-state index contributed by atoms with van der Waals surface area (Å²) in [5.74, 6) is 1.26. The molecule has 2 spiro atoms. The Bertz CT molecular complexity index is 834. The highest BCUT2D eigenvalue weighted by Crippen LogP contribution is 2.88. The number of carbonyl (C=O) groups excluding carboxylic acids is 1. The molecular weight excluding hydrogens is 460 g/mol. The van der Waals surface area contributed by atoms with Gasteiger partial charge in [-0.15, -0.1) is 0 Å². The number of hydrogen-bond donors (Lipinski definition) is 0. The molecule has 210 valence electrons. The minimum absolute atomic E-state index is 0.0747. The van der Waals surface area contributed by atoms with Gasteiger partial charge >= 0.3 is 5.97 Å². The Hall–Kier alpha value is -0.870. The van der Waals surface area contributed by atoms with Gasteiger partial charge in [-0.2, -0.15) is 0 Å². The zero-order valence-corrected chi connectivity index (χ0v) is 24.3. The average molecular weight is 515 g/mol. The van der Waals surface area contributed by atoms with Crippen LogP contribution in [0.25, 0.3) is 0 Å². The van der Waals surface area contributed by atoms with Gasteiger partial charge in [0.25, 0.3) is 0 Å². The van der Waals surface area contributed by atoms with Crippen LogP contribution in [0, 0.1) is 28.1 Å². The first-order valence-corrected chi connectivity index (χ1v) is 15.9. The highest BCUT2D eigenvalue weighted by Gasteiger charge is 2.95. The Balaban J connectivity index is 0.946. The van der Waals surface area contributed by atoms with Crippen LogP contribution in [0.15, 0.2) is 12.2 Å². The van der Waals surface area contributed by atoms with Gasteiger partial charge in [-0.3, -0.25) is 4.79 Å². The molecule has 0 aromatic rings. The summed E-state index contributed by atoms with van der Waals surface area (Å²) < 4.78 is 18.7. The Morgan fingerprint density at radius 2 is 1.54 bits per heavy atom. The maximum atomic E-state index is 12.8. The number of carbonyl (C=O) groups is 1. The summed E-state index contributed by atoms with van der Waals surface area (Å²) in [7, 11) is 0. The van der Waals surface area contributed by atoms with E-state index in [9.17, 15) is 4.79 Å². The molecule has 0 aromatic heterocycles. The van der Waals surface area contributed by atoms with Crippen LogP contribution in [0.4, 0.5) is 0 Å². The third-order valence-corrected chi connectivity index (χ3v) is 11.1. The molecule has 0 radical (unpaired) electrons. The summed E-state index contributed by atoms with van der Waals surface area (Å²) in [6.07, 6.45) is 25.3. The Kier molecular flexibility index (Phi) is 8.19. The van der Waals surface area contributed by atoms with E-state index in [1.807, 2.05) is 0 Å². The van der Waals surface area contributed by atoms with E-state index >= 15 is 0 Å². The summed E-state index contributed by atoms with van der Waals surface area (Å²) in [6.45, 7) is 10.2. The van der Waals surface area contributed by atoms with Crippen molar-refractivity contribution in [3.63, 3.8) is 0 Å². The quantitative estimate of drug-likeness (QED) is 0.0896. The first-order valence-electron chi connectivity index (χ1n) is 15.9. The van der Waals surface area contributed by atoms with E-state index in [-0.39, 0.29) is 22.4 Å². The zero-order valence-electron chi connectivity index (χ0n) is 24.3. The fraction of sp³-hybridized carbons (Fsp3) is 0.909. The summed E-state index contributed by atoms with van der Waals surface area (Å²) in [4.78, 5) is 12.8. The molecule has 0 amide bonds. The number of fused-ring (bicyclic) bond motifs is 3. The molecule has 5 rings (SSSR count). The molecule has 4 heteroatoms. The molecule has 4 nitrogen and oxygen atoms in total. The second-order valence-corrected chi connectivity index (χ2v) is 14.3. The maximum absolute atomic E-state index is 12.8. The number of ether oxygens (including phenoxy) is 3. The molecule has 2 heterocycles. The van der Waals surface area contributed by atoms with Crippen LogP contribution in [0.3, 0.4) is 0 Å². The van der Waals surface area contributed by atoms with Crippen molar-refractivity contribution >= 4 is 5.97 Å². The van der Waals surface area contributed by atoms with Gasteiger partial charge in [0.15, 0.2) is 0 Å². The summed E-state index contributed by atoms with van der Waals surface area (Å²) in [5, 5.41) is 0. The Morgan fingerprint density at radius 1 is 0.892 bits per heavy atom. The van der Waals surface area contributed by atoms with Gasteiger partial charge in [-0.05, 0) is 74.0 Å².